The predicted octanol–water partition coefficient (Wildman–Crippen LogP) is 1.99. The number of hydrogen-bond acceptors (Lipinski definition) is 4. The first-order chi connectivity index (χ1) is 9.43. The quantitative estimate of drug-likeness (QED) is 0.894. The number of hydrogen-bond donors (Lipinski definition) is 2. The Morgan fingerprint density at radius 1 is 1.55 bits per heavy atom. The second-order valence-corrected chi connectivity index (χ2v) is 6.17. The smallest absolute Gasteiger partial charge is 0.329 e. The van der Waals surface area contributed by atoms with Crippen LogP contribution in [-0.4, -0.2) is 39.1 Å². The first kappa shape index (κ1) is 14.8. The van der Waals surface area contributed by atoms with Gasteiger partial charge in [-0.3, -0.25) is 0 Å². The monoisotopic (exact) mass is 297 g/mol. The summed E-state index contributed by atoms with van der Waals surface area (Å²) in [4.78, 5) is 29.4. The molecule has 20 heavy (non-hydrogen) atoms. The number of carbonyl (C=O) groups excluding carboxylic acids is 1. The molecule has 1 unspecified atom stereocenters. The highest BCUT2D eigenvalue weighted by Gasteiger charge is 2.43. The summed E-state index contributed by atoms with van der Waals surface area (Å²) in [6, 6.07) is -0.331. The van der Waals surface area contributed by atoms with Gasteiger partial charge < -0.3 is 15.3 Å². The summed E-state index contributed by atoms with van der Waals surface area (Å²) in [5, 5.41) is 14.9. The van der Waals surface area contributed by atoms with Gasteiger partial charge in [0.2, 0.25) is 0 Å². The molecular weight excluding hydrogens is 278 g/mol. The molecule has 2 N–H and O–H groups in total. The van der Waals surface area contributed by atoms with Crippen molar-refractivity contribution in [3.05, 3.63) is 16.1 Å². The SMILES string of the molecule is Cc1csc(CNC(=O)N2CCCCC2(C)C(=O)O)n1. The molecule has 0 bridgehead atoms. The molecule has 2 amide bonds. The van der Waals surface area contributed by atoms with E-state index in [4.69, 9.17) is 0 Å². The van der Waals surface area contributed by atoms with E-state index in [9.17, 15) is 14.7 Å². The molecule has 1 fully saturated rings. The van der Waals surface area contributed by atoms with Gasteiger partial charge in [0, 0.05) is 17.6 Å². The molecular formula is C13H19N3O3S. The number of nitrogens with zero attached hydrogens (tertiary/aromatic N) is 2. The Morgan fingerprint density at radius 3 is 2.90 bits per heavy atom. The minimum atomic E-state index is -1.11. The van der Waals surface area contributed by atoms with E-state index in [0.717, 1.165) is 23.5 Å². The zero-order valence-corrected chi connectivity index (χ0v) is 12.5. The van der Waals surface area contributed by atoms with Crippen LogP contribution >= 0.6 is 11.3 Å². The number of piperidine rings is 1. The first-order valence-corrected chi connectivity index (χ1v) is 7.51. The molecule has 0 aromatic carbocycles. The second-order valence-electron chi connectivity index (χ2n) is 5.23. The van der Waals surface area contributed by atoms with Gasteiger partial charge in [-0.05, 0) is 33.1 Å². The van der Waals surface area contributed by atoms with Crippen LogP contribution in [0, 0.1) is 6.92 Å². The van der Waals surface area contributed by atoms with Gasteiger partial charge >= 0.3 is 12.0 Å². The van der Waals surface area contributed by atoms with Crippen LogP contribution in [0.5, 0.6) is 0 Å². The minimum Gasteiger partial charge on any atom is -0.480 e. The number of nitrogens with one attached hydrogen (secondary N) is 1. The summed E-state index contributed by atoms with van der Waals surface area (Å²) in [5.74, 6) is -0.947. The summed E-state index contributed by atoms with van der Waals surface area (Å²) in [6.45, 7) is 4.32. The number of aromatic nitrogens is 1. The maximum Gasteiger partial charge on any atom is 0.329 e. The topological polar surface area (TPSA) is 82.5 Å². The van der Waals surface area contributed by atoms with Crippen LogP contribution in [-0.2, 0) is 11.3 Å². The van der Waals surface area contributed by atoms with Crippen LogP contribution in [0.25, 0.3) is 0 Å². The third kappa shape index (κ3) is 2.92. The Labute approximate surface area is 121 Å². The van der Waals surface area contributed by atoms with Crippen molar-refractivity contribution in [2.24, 2.45) is 0 Å². The van der Waals surface area contributed by atoms with Gasteiger partial charge in [-0.1, -0.05) is 0 Å². The van der Waals surface area contributed by atoms with Crippen LogP contribution in [0.15, 0.2) is 5.38 Å². The summed E-state index contributed by atoms with van der Waals surface area (Å²) >= 11 is 1.48. The van der Waals surface area contributed by atoms with E-state index in [2.05, 4.69) is 10.3 Å². The molecule has 0 radical (unpaired) electrons. The number of rotatable bonds is 3. The van der Waals surface area contributed by atoms with Crippen molar-refractivity contribution >= 4 is 23.3 Å². The maximum absolute atomic E-state index is 12.2. The summed E-state index contributed by atoms with van der Waals surface area (Å²) in [5.41, 5.74) is -0.186. The number of aliphatic carboxylic acids is 1. The maximum atomic E-state index is 12.2. The number of carbonyl (C=O) groups is 2. The van der Waals surface area contributed by atoms with Gasteiger partial charge in [0.05, 0.1) is 6.54 Å². The third-order valence-electron chi connectivity index (χ3n) is 3.65. The van der Waals surface area contributed by atoms with Crippen LogP contribution in [0.2, 0.25) is 0 Å². The highest BCUT2D eigenvalue weighted by atomic mass is 32.1. The van der Waals surface area contributed by atoms with Crippen LogP contribution < -0.4 is 5.32 Å². The van der Waals surface area contributed by atoms with Crippen LogP contribution in [0.1, 0.15) is 36.9 Å². The number of carboxylic acid groups (broad SMARTS) is 1. The van der Waals surface area contributed by atoms with Gasteiger partial charge in [0.15, 0.2) is 0 Å². The number of thiazole rings is 1. The number of aryl methyl sites for hydroxylation is 1. The molecule has 1 aliphatic rings. The Morgan fingerprint density at radius 2 is 2.30 bits per heavy atom. The van der Waals surface area contributed by atoms with Crippen molar-refractivity contribution in [3.8, 4) is 0 Å². The minimum absolute atomic E-state index is 0.331. The van der Waals surface area contributed by atoms with Crippen molar-refractivity contribution in [2.45, 2.75) is 45.2 Å². The zero-order chi connectivity index (χ0) is 14.8. The summed E-state index contributed by atoms with van der Waals surface area (Å²) < 4.78 is 0. The first-order valence-electron chi connectivity index (χ1n) is 6.63. The van der Waals surface area contributed by atoms with E-state index in [0.29, 0.717) is 19.5 Å². The highest BCUT2D eigenvalue weighted by Crippen LogP contribution is 2.28. The molecule has 0 aliphatic carbocycles. The van der Waals surface area contributed by atoms with Crippen molar-refractivity contribution in [1.29, 1.82) is 0 Å². The lowest BCUT2D eigenvalue weighted by Gasteiger charge is -2.41. The standard InChI is InChI=1S/C13H19N3O3S/c1-9-8-20-10(15-9)7-14-12(19)16-6-4-3-5-13(16,2)11(17)18/h8H,3-7H2,1-2H3,(H,14,19)(H,17,18). The van der Waals surface area contributed by atoms with Gasteiger partial charge in [-0.15, -0.1) is 11.3 Å². The fraction of sp³-hybridized carbons (Fsp3) is 0.615. The molecule has 0 spiro atoms. The Hall–Kier alpha value is -1.63. The molecule has 2 heterocycles. The number of likely N-dealkylation sites (tertiary alicyclic amines) is 1. The summed E-state index contributed by atoms with van der Waals surface area (Å²) in [6.07, 6.45) is 2.16. The lowest BCUT2D eigenvalue weighted by Crippen LogP contribution is -2.59. The Balaban J connectivity index is 2.01. The number of urea groups is 1. The Kier molecular flexibility index (Phi) is 4.27. The molecule has 1 aliphatic heterocycles. The molecule has 110 valence electrons. The van der Waals surface area contributed by atoms with E-state index in [1.165, 1.54) is 16.2 Å². The lowest BCUT2D eigenvalue weighted by molar-refractivity contribution is -0.150. The molecule has 7 heteroatoms. The van der Waals surface area contributed by atoms with Crippen molar-refractivity contribution in [3.63, 3.8) is 0 Å². The predicted molar refractivity (Wildman–Crippen MR) is 75.7 cm³/mol. The van der Waals surface area contributed by atoms with Crippen LogP contribution in [0.3, 0.4) is 0 Å². The largest absolute Gasteiger partial charge is 0.480 e. The molecule has 1 aromatic rings. The molecule has 1 saturated heterocycles. The molecule has 2 rings (SSSR count). The molecule has 0 saturated carbocycles. The summed E-state index contributed by atoms with van der Waals surface area (Å²) in [7, 11) is 0. The van der Waals surface area contributed by atoms with E-state index in [1.807, 2.05) is 12.3 Å². The van der Waals surface area contributed by atoms with Gasteiger partial charge in [-0.2, -0.15) is 0 Å². The molecule has 1 atom stereocenters. The second kappa shape index (κ2) is 5.78. The Bertz CT molecular complexity index is 517. The fourth-order valence-electron chi connectivity index (χ4n) is 2.40. The van der Waals surface area contributed by atoms with E-state index >= 15 is 0 Å². The van der Waals surface area contributed by atoms with Gasteiger partial charge in [-0.25, -0.2) is 14.6 Å². The fourth-order valence-corrected chi connectivity index (χ4v) is 3.11. The van der Waals surface area contributed by atoms with Gasteiger partial charge in [0.1, 0.15) is 10.5 Å². The zero-order valence-electron chi connectivity index (χ0n) is 11.7. The van der Waals surface area contributed by atoms with E-state index in [1.54, 1.807) is 6.92 Å². The van der Waals surface area contributed by atoms with Crippen molar-refractivity contribution < 1.29 is 14.7 Å². The van der Waals surface area contributed by atoms with Crippen LogP contribution in [0.4, 0.5) is 4.79 Å². The van der Waals surface area contributed by atoms with E-state index in [-0.39, 0.29) is 6.03 Å². The average Bonchev–Trinajstić information content (AvgIpc) is 2.82. The molecule has 6 nitrogen and oxygen atoms in total. The highest BCUT2D eigenvalue weighted by molar-refractivity contribution is 7.09. The molecule has 1 aromatic heterocycles. The van der Waals surface area contributed by atoms with Gasteiger partial charge in [0.25, 0.3) is 0 Å². The van der Waals surface area contributed by atoms with Crippen molar-refractivity contribution in [2.75, 3.05) is 6.54 Å². The number of carboxylic acids is 1. The normalized spacial score (nSPS) is 22.6. The van der Waals surface area contributed by atoms with Crippen molar-refractivity contribution in [1.82, 2.24) is 15.2 Å². The number of amides is 2. The van der Waals surface area contributed by atoms with E-state index < -0.39 is 11.5 Å². The average molecular weight is 297 g/mol. The lowest BCUT2D eigenvalue weighted by atomic mass is 9.89. The third-order valence-corrected chi connectivity index (χ3v) is 4.62.